The van der Waals surface area contributed by atoms with E-state index in [1.165, 1.54) is 5.56 Å². The number of aromatic nitrogens is 1. The summed E-state index contributed by atoms with van der Waals surface area (Å²) in [7, 11) is 3.74. The van der Waals surface area contributed by atoms with Crippen molar-refractivity contribution in [2.45, 2.75) is 19.4 Å². The van der Waals surface area contributed by atoms with Crippen LogP contribution in [0.15, 0.2) is 34.9 Å². The normalized spacial score (nSPS) is 18.6. The molecule has 0 radical (unpaired) electrons. The predicted molar refractivity (Wildman–Crippen MR) is 90.1 cm³/mol. The van der Waals surface area contributed by atoms with Crippen LogP contribution in [0.25, 0.3) is 0 Å². The molecule has 24 heavy (non-hydrogen) atoms. The van der Waals surface area contributed by atoms with E-state index in [0.717, 1.165) is 24.5 Å². The lowest BCUT2D eigenvalue weighted by molar-refractivity contribution is 0.0536. The van der Waals surface area contributed by atoms with Crippen LogP contribution in [-0.4, -0.2) is 54.7 Å². The molecule has 1 amide bonds. The van der Waals surface area contributed by atoms with Crippen molar-refractivity contribution in [1.29, 1.82) is 0 Å². The quantitative estimate of drug-likeness (QED) is 0.862. The molecule has 6 heteroatoms. The monoisotopic (exact) mass is 329 g/mol. The summed E-state index contributed by atoms with van der Waals surface area (Å²) in [4.78, 5) is 16.8. The Morgan fingerprint density at radius 3 is 2.71 bits per heavy atom. The highest BCUT2D eigenvalue weighted by atomic mass is 16.5. The molecule has 1 aliphatic rings. The van der Waals surface area contributed by atoms with E-state index in [9.17, 15) is 4.79 Å². The second-order valence-electron chi connectivity index (χ2n) is 6.05. The smallest absolute Gasteiger partial charge is 0.276 e. The molecule has 3 rings (SSSR count). The number of aryl methyl sites for hydroxylation is 1. The molecule has 1 aromatic heterocycles. The van der Waals surface area contributed by atoms with E-state index in [4.69, 9.17) is 9.26 Å². The third kappa shape index (κ3) is 3.28. The number of hydrogen-bond acceptors (Lipinski definition) is 5. The van der Waals surface area contributed by atoms with Gasteiger partial charge in [0.15, 0.2) is 5.69 Å². The molecule has 2 heterocycles. The fraction of sp³-hybridized carbons (Fsp3) is 0.444. The van der Waals surface area contributed by atoms with Gasteiger partial charge in [-0.15, -0.1) is 0 Å². The average Bonchev–Trinajstić information content (AvgIpc) is 3.11. The van der Waals surface area contributed by atoms with Gasteiger partial charge in [-0.3, -0.25) is 9.69 Å². The molecule has 6 nitrogen and oxygen atoms in total. The van der Waals surface area contributed by atoms with Gasteiger partial charge in [-0.1, -0.05) is 24.2 Å². The fourth-order valence-corrected chi connectivity index (χ4v) is 2.99. The van der Waals surface area contributed by atoms with Gasteiger partial charge in [0.05, 0.1) is 13.2 Å². The van der Waals surface area contributed by atoms with E-state index in [0.29, 0.717) is 18.8 Å². The Morgan fingerprint density at radius 2 is 2.08 bits per heavy atom. The Balaban J connectivity index is 1.75. The van der Waals surface area contributed by atoms with Gasteiger partial charge in [-0.05, 0) is 24.7 Å². The van der Waals surface area contributed by atoms with Gasteiger partial charge < -0.3 is 14.2 Å². The number of amides is 1. The van der Waals surface area contributed by atoms with Crippen molar-refractivity contribution < 1.29 is 14.1 Å². The van der Waals surface area contributed by atoms with E-state index < -0.39 is 0 Å². The molecule has 0 bridgehead atoms. The van der Waals surface area contributed by atoms with Crippen LogP contribution in [0.4, 0.5) is 0 Å². The summed E-state index contributed by atoms with van der Waals surface area (Å²) < 4.78 is 10.4. The lowest BCUT2D eigenvalue weighted by atomic mass is 10.0. The highest BCUT2D eigenvalue weighted by Gasteiger charge is 2.30. The van der Waals surface area contributed by atoms with Crippen molar-refractivity contribution in [1.82, 2.24) is 15.0 Å². The molecule has 0 unspecified atom stereocenters. The summed E-state index contributed by atoms with van der Waals surface area (Å²) in [6, 6.07) is 9.91. The van der Waals surface area contributed by atoms with Gasteiger partial charge in [-0.25, -0.2) is 0 Å². The standard InChI is InChI=1S/C18H23N3O3/c1-4-14-11-16(19-24-14)18(22)21-10-9-20(2)17(12-21)13-5-7-15(23-3)8-6-13/h5-8,11,17H,4,9-10,12H2,1-3H3/t17-/m1/s1. The Bertz CT molecular complexity index is 696. The molecule has 1 aliphatic heterocycles. The second kappa shape index (κ2) is 7.05. The molecule has 0 N–H and O–H groups in total. The first-order chi connectivity index (χ1) is 11.6. The van der Waals surface area contributed by atoms with E-state index in [1.54, 1.807) is 13.2 Å². The summed E-state index contributed by atoms with van der Waals surface area (Å²) in [6.07, 6.45) is 0.734. The molecule has 0 aliphatic carbocycles. The van der Waals surface area contributed by atoms with Crippen LogP contribution in [-0.2, 0) is 6.42 Å². The van der Waals surface area contributed by atoms with Gasteiger partial charge in [0.2, 0.25) is 0 Å². The van der Waals surface area contributed by atoms with Crippen LogP contribution in [0.5, 0.6) is 5.75 Å². The first kappa shape index (κ1) is 16.5. The summed E-state index contributed by atoms with van der Waals surface area (Å²) in [5.74, 6) is 1.50. The van der Waals surface area contributed by atoms with Gasteiger partial charge in [0.1, 0.15) is 11.5 Å². The molecule has 1 fully saturated rings. The van der Waals surface area contributed by atoms with E-state index in [1.807, 2.05) is 24.0 Å². The third-order valence-electron chi connectivity index (χ3n) is 4.56. The number of ether oxygens (including phenoxy) is 1. The van der Waals surface area contributed by atoms with Gasteiger partial charge in [-0.2, -0.15) is 0 Å². The second-order valence-corrected chi connectivity index (χ2v) is 6.05. The fourth-order valence-electron chi connectivity index (χ4n) is 2.99. The minimum absolute atomic E-state index is 0.0648. The number of carbonyl (C=O) groups is 1. The maximum atomic E-state index is 12.7. The van der Waals surface area contributed by atoms with Crippen LogP contribution in [0.2, 0.25) is 0 Å². The maximum absolute atomic E-state index is 12.7. The van der Waals surface area contributed by atoms with Crippen molar-refractivity contribution in [3.63, 3.8) is 0 Å². The number of benzene rings is 1. The number of methoxy groups -OCH3 is 1. The topological polar surface area (TPSA) is 58.8 Å². The summed E-state index contributed by atoms with van der Waals surface area (Å²) in [6.45, 7) is 4.12. The zero-order valence-electron chi connectivity index (χ0n) is 14.4. The van der Waals surface area contributed by atoms with Crippen molar-refractivity contribution >= 4 is 5.91 Å². The molecule has 0 saturated carbocycles. The van der Waals surface area contributed by atoms with Crippen molar-refractivity contribution in [2.24, 2.45) is 0 Å². The SMILES string of the molecule is CCc1cc(C(=O)N2CCN(C)[C@@H](c3ccc(OC)cc3)C2)no1. The Hall–Kier alpha value is -2.34. The first-order valence-corrected chi connectivity index (χ1v) is 8.21. The number of piperazine rings is 1. The Kier molecular flexibility index (Phi) is 4.85. The number of hydrogen-bond donors (Lipinski definition) is 0. The van der Waals surface area contributed by atoms with E-state index in [-0.39, 0.29) is 11.9 Å². The number of carbonyl (C=O) groups excluding carboxylic acids is 1. The number of nitrogens with zero attached hydrogens (tertiary/aromatic N) is 3. The molecular formula is C18H23N3O3. The summed E-state index contributed by atoms with van der Waals surface area (Å²) in [5, 5.41) is 3.91. The number of likely N-dealkylation sites (N-methyl/N-ethyl adjacent to an activating group) is 1. The molecule has 1 atom stereocenters. The zero-order chi connectivity index (χ0) is 17.1. The van der Waals surface area contributed by atoms with E-state index >= 15 is 0 Å². The lowest BCUT2D eigenvalue weighted by Gasteiger charge is -2.39. The first-order valence-electron chi connectivity index (χ1n) is 8.21. The molecular weight excluding hydrogens is 306 g/mol. The minimum Gasteiger partial charge on any atom is -0.497 e. The van der Waals surface area contributed by atoms with Crippen LogP contribution in [0, 0.1) is 0 Å². The predicted octanol–water partition coefficient (Wildman–Crippen LogP) is 2.37. The highest BCUT2D eigenvalue weighted by molar-refractivity contribution is 5.92. The Labute approximate surface area is 142 Å². The molecule has 1 saturated heterocycles. The van der Waals surface area contributed by atoms with Crippen molar-refractivity contribution in [2.75, 3.05) is 33.8 Å². The van der Waals surface area contributed by atoms with E-state index in [2.05, 4.69) is 29.2 Å². The minimum atomic E-state index is -0.0648. The van der Waals surface area contributed by atoms with Crippen molar-refractivity contribution in [3.05, 3.63) is 47.3 Å². The van der Waals surface area contributed by atoms with Crippen LogP contribution in [0.1, 0.15) is 34.8 Å². The molecule has 1 aromatic carbocycles. The average molecular weight is 329 g/mol. The van der Waals surface area contributed by atoms with Gasteiger partial charge in [0, 0.05) is 32.1 Å². The molecule has 128 valence electrons. The van der Waals surface area contributed by atoms with Gasteiger partial charge in [0.25, 0.3) is 5.91 Å². The summed E-state index contributed by atoms with van der Waals surface area (Å²) >= 11 is 0. The molecule has 2 aromatic rings. The lowest BCUT2D eigenvalue weighted by Crippen LogP contribution is -2.49. The van der Waals surface area contributed by atoms with Crippen LogP contribution < -0.4 is 4.74 Å². The zero-order valence-corrected chi connectivity index (χ0v) is 14.4. The molecule has 0 spiro atoms. The number of rotatable bonds is 4. The Morgan fingerprint density at radius 1 is 1.33 bits per heavy atom. The van der Waals surface area contributed by atoms with Crippen LogP contribution in [0.3, 0.4) is 0 Å². The summed E-state index contributed by atoms with van der Waals surface area (Å²) in [5.41, 5.74) is 1.56. The van der Waals surface area contributed by atoms with Gasteiger partial charge >= 0.3 is 0 Å². The maximum Gasteiger partial charge on any atom is 0.276 e. The van der Waals surface area contributed by atoms with Crippen LogP contribution >= 0.6 is 0 Å². The third-order valence-corrected chi connectivity index (χ3v) is 4.56. The largest absolute Gasteiger partial charge is 0.497 e. The highest BCUT2D eigenvalue weighted by Crippen LogP contribution is 2.26. The van der Waals surface area contributed by atoms with Crippen molar-refractivity contribution in [3.8, 4) is 5.75 Å².